The summed E-state index contributed by atoms with van der Waals surface area (Å²) in [5, 5.41) is 5.75. The summed E-state index contributed by atoms with van der Waals surface area (Å²) in [7, 11) is -0.671. The highest BCUT2D eigenvalue weighted by atomic mass is 32.3. The number of nitrogens with zero attached hydrogens (tertiary/aromatic N) is 2. The van der Waals surface area contributed by atoms with Crippen molar-refractivity contribution in [2.75, 3.05) is 37.8 Å². The Balaban J connectivity index is 1.94. The molecule has 10 heteroatoms. The lowest BCUT2D eigenvalue weighted by Gasteiger charge is -2.40. The molecule has 0 fully saturated rings. The second kappa shape index (κ2) is 8.81. The molecule has 0 unspecified atom stereocenters. The van der Waals surface area contributed by atoms with Crippen LogP contribution in [0.25, 0.3) is 0 Å². The molecule has 9 nitrogen and oxygen atoms in total. The molecule has 0 radical (unpaired) electrons. The molecule has 0 saturated heterocycles. The van der Waals surface area contributed by atoms with Crippen LogP contribution >= 0.6 is 0 Å². The quantitative estimate of drug-likeness (QED) is 0.429. The van der Waals surface area contributed by atoms with Crippen molar-refractivity contribution in [3.63, 3.8) is 0 Å². The number of hydrogen-bond acceptors (Lipinski definition) is 6. The van der Waals surface area contributed by atoms with E-state index < -0.39 is 15.3 Å². The highest BCUT2D eigenvalue weighted by molar-refractivity contribution is 8.16. The van der Waals surface area contributed by atoms with E-state index in [0.29, 0.717) is 45.0 Å². The number of carbonyl (C=O) groups excluding carboxylic acids is 1. The van der Waals surface area contributed by atoms with Gasteiger partial charge in [-0.05, 0) is 51.7 Å². The summed E-state index contributed by atoms with van der Waals surface area (Å²) in [6.07, 6.45) is 1.73. The van der Waals surface area contributed by atoms with Crippen LogP contribution in [0, 0.1) is 0 Å². The molecule has 0 saturated carbocycles. The van der Waals surface area contributed by atoms with E-state index in [9.17, 15) is 9.35 Å². The molecule has 4 rings (SSSR count). The molecule has 3 aromatic rings. The molecule has 1 heterocycles. The van der Waals surface area contributed by atoms with Crippen LogP contribution in [0.5, 0.6) is 11.5 Å². The molecule has 0 spiro atoms. The van der Waals surface area contributed by atoms with E-state index in [-0.39, 0.29) is 0 Å². The normalized spacial score (nSPS) is 13.9. The fourth-order valence-corrected chi connectivity index (χ4v) is 6.44. The summed E-state index contributed by atoms with van der Waals surface area (Å²) in [6.45, 7) is 0.292. The third kappa shape index (κ3) is 4.20. The Morgan fingerprint density at radius 1 is 1.06 bits per heavy atom. The van der Waals surface area contributed by atoms with Gasteiger partial charge in [0.15, 0.2) is 17.3 Å². The summed E-state index contributed by atoms with van der Waals surface area (Å²) in [5.41, 5.74) is 7.20. The molecule has 2 amide bonds. The summed E-state index contributed by atoms with van der Waals surface area (Å²) < 4.78 is 28.3. The maximum Gasteiger partial charge on any atom is 0.316 e. The number of amides is 2. The van der Waals surface area contributed by atoms with Gasteiger partial charge in [-0.25, -0.2) is 9.79 Å². The number of carbonyl (C=O) groups is 1. The Kier molecular flexibility index (Phi) is 6.03. The first-order valence-corrected chi connectivity index (χ1v) is 12.8. The van der Waals surface area contributed by atoms with Crippen LogP contribution in [0.2, 0.25) is 0 Å². The summed E-state index contributed by atoms with van der Waals surface area (Å²) >= 11 is 0. The number of ether oxygens (including phenoxy) is 2. The van der Waals surface area contributed by atoms with Crippen molar-refractivity contribution in [3.8, 4) is 11.5 Å². The molecule has 34 heavy (non-hydrogen) atoms. The van der Waals surface area contributed by atoms with E-state index in [1.54, 1.807) is 50.8 Å². The maximum absolute atomic E-state index is 12.5. The number of nitrogens with one attached hydrogen (secondary N) is 2. The number of urea groups is 1. The predicted octanol–water partition coefficient (Wildman–Crippen LogP) is 4.42. The predicted molar refractivity (Wildman–Crippen MR) is 136 cm³/mol. The fraction of sp³-hybridized carbons (Fsp3) is 0.167. The number of amidine groups is 1. The molecule has 1 aliphatic heterocycles. The molecule has 0 bridgehead atoms. The van der Waals surface area contributed by atoms with Crippen LogP contribution in [-0.4, -0.2) is 43.6 Å². The van der Waals surface area contributed by atoms with Crippen molar-refractivity contribution in [3.05, 3.63) is 72.3 Å². The van der Waals surface area contributed by atoms with E-state index in [2.05, 4.69) is 15.6 Å². The van der Waals surface area contributed by atoms with Gasteiger partial charge in [-0.3, -0.25) is 0 Å². The summed E-state index contributed by atoms with van der Waals surface area (Å²) in [6, 6.07) is 19.1. The van der Waals surface area contributed by atoms with Crippen LogP contribution in [-0.2, 0) is 9.24 Å². The number of fused-ring (bicyclic) bond motifs is 1. The molecule has 0 atom stereocenters. The number of anilines is 2. The van der Waals surface area contributed by atoms with Crippen LogP contribution in [0.3, 0.4) is 0 Å². The van der Waals surface area contributed by atoms with E-state index in [0.717, 1.165) is 5.69 Å². The molecular formula is C24H27N5O4S. The minimum absolute atomic E-state index is 0.292. The maximum atomic E-state index is 12.5. The van der Waals surface area contributed by atoms with Crippen molar-refractivity contribution >= 4 is 32.5 Å². The zero-order valence-corrected chi connectivity index (χ0v) is 19.9. The number of aliphatic imine (C=N–C) groups is 1. The molecular weight excluding hydrogens is 454 g/mol. The van der Waals surface area contributed by atoms with Gasteiger partial charge in [0.25, 0.3) is 0 Å². The van der Waals surface area contributed by atoms with Gasteiger partial charge in [-0.2, -0.15) is 4.36 Å². The lowest BCUT2D eigenvalue weighted by Crippen LogP contribution is -2.33. The first-order chi connectivity index (χ1) is 16.2. The minimum atomic E-state index is -3.80. The molecule has 0 aromatic heterocycles. The fourth-order valence-electron chi connectivity index (χ4n) is 3.78. The lowest BCUT2D eigenvalue weighted by molar-refractivity contribution is 0.259. The van der Waals surface area contributed by atoms with Crippen molar-refractivity contribution in [2.45, 2.75) is 9.79 Å². The average Bonchev–Trinajstić information content (AvgIpc) is 2.84. The number of nitrogens with two attached hydrogens (primary N) is 1. The van der Waals surface area contributed by atoms with Gasteiger partial charge >= 0.3 is 6.03 Å². The van der Waals surface area contributed by atoms with E-state index in [1.165, 1.54) is 0 Å². The van der Waals surface area contributed by atoms with Gasteiger partial charge in [0.1, 0.15) is 6.67 Å². The van der Waals surface area contributed by atoms with E-state index in [1.807, 2.05) is 36.4 Å². The number of primary amides is 1. The third-order valence-corrected chi connectivity index (χ3v) is 8.99. The first-order valence-electron chi connectivity index (χ1n) is 10.4. The zero-order valence-electron chi connectivity index (χ0n) is 19.1. The number of benzene rings is 3. The van der Waals surface area contributed by atoms with Crippen molar-refractivity contribution < 1.29 is 18.8 Å². The van der Waals surface area contributed by atoms with E-state index in [4.69, 9.17) is 19.6 Å². The zero-order chi connectivity index (χ0) is 24.4. The largest absolute Gasteiger partial charge is 0.493 e. The first kappa shape index (κ1) is 23.3. The second-order valence-corrected chi connectivity index (χ2v) is 11.6. The standard InChI is InChI=1S/C24H27N5O4S/c1-32-21-13-19-20(14-22(21)33-2)26-15-27-23(19)29-34(3,31,17-7-5-4-6-8-17)18-11-9-16(10-12-18)28-24(25)30/h4-14,26H,15H2,1-3H3,(H3,25,28,30)(H,27,29,31). The molecule has 5 N–H and O–H groups in total. The lowest BCUT2D eigenvalue weighted by atomic mass is 10.1. The highest BCUT2D eigenvalue weighted by Crippen LogP contribution is 2.43. The van der Waals surface area contributed by atoms with Crippen molar-refractivity contribution in [1.29, 1.82) is 0 Å². The molecule has 3 aromatic carbocycles. The SMILES string of the molecule is COc1cc2c(cc1OC)C(N=S(C)(O)(c1ccccc1)c1ccc(NC(N)=O)cc1)=NCN2. The van der Waals surface area contributed by atoms with Gasteiger partial charge in [0.2, 0.25) is 0 Å². The van der Waals surface area contributed by atoms with Gasteiger partial charge in [-0.15, -0.1) is 0 Å². The smallest absolute Gasteiger partial charge is 0.316 e. The molecule has 1 aliphatic rings. The Hall–Kier alpha value is -3.89. The summed E-state index contributed by atoms with van der Waals surface area (Å²) in [4.78, 5) is 17.0. The number of hydrogen-bond donors (Lipinski definition) is 4. The van der Waals surface area contributed by atoms with Crippen LogP contribution in [0.4, 0.5) is 16.2 Å². The monoisotopic (exact) mass is 481 g/mol. The Morgan fingerprint density at radius 3 is 2.29 bits per heavy atom. The third-order valence-electron chi connectivity index (χ3n) is 5.57. The van der Waals surface area contributed by atoms with Gasteiger partial charge in [0.05, 0.1) is 19.9 Å². The van der Waals surface area contributed by atoms with Gasteiger partial charge in [-0.1, -0.05) is 18.2 Å². The topological polar surface area (TPSA) is 131 Å². The Morgan fingerprint density at radius 2 is 1.68 bits per heavy atom. The van der Waals surface area contributed by atoms with Crippen molar-refractivity contribution in [2.24, 2.45) is 15.1 Å². The minimum Gasteiger partial charge on any atom is -0.493 e. The van der Waals surface area contributed by atoms with Crippen LogP contribution in [0.1, 0.15) is 5.56 Å². The van der Waals surface area contributed by atoms with Crippen molar-refractivity contribution in [1.82, 2.24) is 0 Å². The molecule has 0 aliphatic carbocycles. The second-order valence-electron chi connectivity index (χ2n) is 7.81. The van der Waals surface area contributed by atoms with Gasteiger partial charge in [0, 0.05) is 33.4 Å². The average molecular weight is 482 g/mol. The number of rotatable bonds is 5. The van der Waals surface area contributed by atoms with E-state index >= 15 is 0 Å². The Bertz CT molecular complexity index is 1330. The van der Waals surface area contributed by atoms with Gasteiger partial charge < -0.3 is 30.4 Å². The Labute approximate surface area is 197 Å². The van der Waals surface area contributed by atoms with Crippen LogP contribution < -0.4 is 25.8 Å². The number of methoxy groups -OCH3 is 2. The summed E-state index contributed by atoms with van der Waals surface area (Å²) in [5.74, 6) is 1.50. The molecule has 178 valence electrons. The van der Waals surface area contributed by atoms with Crippen LogP contribution in [0.15, 0.2) is 85.9 Å². The highest BCUT2D eigenvalue weighted by Gasteiger charge is 2.33.